The predicted molar refractivity (Wildman–Crippen MR) is 128 cm³/mol. The Morgan fingerprint density at radius 2 is 1.73 bits per heavy atom. The SMILES string of the molecule is Cc1cccc(Oc2nc(N3CCN(C)CC3)nc3c2CN(C(=O)c2ccccc2)CC3)c1. The molecule has 3 heterocycles. The second kappa shape index (κ2) is 9.19. The Balaban J connectivity index is 1.48. The van der Waals surface area contributed by atoms with E-state index in [-0.39, 0.29) is 5.91 Å². The molecule has 1 amide bonds. The molecule has 2 aliphatic heterocycles. The first-order chi connectivity index (χ1) is 16.1. The fourth-order valence-electron chi connectivity index (χ4n) is 4.33. The molecule has 0 saturated carbocycles. The van der Waals surface area contributed by atoms with Crippen molar-refractivity contribution in [2.24, 2.45) is 0 Å². The minimum absolute atomic E-state index is 0.0194. The molecule has 0 radical (unpaired) electrons. The summed E-state index contributed by atoms with van der Waals surface area (Å²) in [6.45, 7) is 6.84. The zero-order valence-corrected chi connectivity index (χ0v) is 19.2. The lowest BCUT2D eigenvalue weighted by molar-refractivity contribution is 0.0732. The largest absolute Gasteiger partial charge is 0.438 e. The molecule has 2 aromatic carbocycles. The first kappa shape index (κ1) is 21.4. The summed E-state index contributed by atoms with van der Waals surface area (Å²) in [5.41, 5.74) is 3.68. The summed E-state index contributed by atoms with van der Waals surface area (Å²) in [5.74, 6) is 2.02. The molecule has 170 valence electrons. The third-order valence-electron chi connectivity index (χ3n) is 6.31. The third kappa shape index (κ3) is 4.68. The van der Waals surface area contributed by atoms with Gasteiger partial charge in [0.1, 0.15) is 5.75 Å². The van der Waals surface area contributed by atoms with Gasteiger partial charge >= 0.3 is 0 Å². The van der Waals surface area contributed by atoms with Crippen molar-refractivity contribution in [1.29, 1.82) is 0 Å². The number of rotatable bonds is 4. The molecule has 1 aromatic heterocycles. The average molecular weight is 444 g/mol. The number of amides is 1. The maximum Gasteiger partial charge on any atom is 0.254 e. The number of carbonyl (C=O) groups is 1. The zero-order chi connectivity index (χ0) is 22.8. The number of anilines is 1. The van der Waals surface area contributed by atoms with E-state index in [4.69, 9.17) is 14.7 Å². The molecule has 0 atom stereocenters. The summed E-state index contributed by atoms with van der Waals surface area (Å²) in [4.78, 5) is 29.3. The van der Waals surface area contributed by atoms with E-state index in [0.717, 1.165) is 48.7 Å². The van der Waals surface area contributed by atoms with Crippen molar-refractivity contribution in [2.45, 2.75) is 19.9 Å². The van der Waals surface area contributed by atoms with E-state index in [2.05, 4.69) is 16.8 Å². The Bertz CT molecular complexity index is 1140. The number of benzene rings is 2. The van der Waals surface area contributed by atoms with Crippen LogP contribution in [0.5, 0.6) is 11.6 Å². The minimum atomic E-state index is 0.0194. The highest BCUT2D eigenvalue weighted by molar-refractivity contribution is 5.94. The molecule has 0 spiro atoms. The average Bonchev–Trinajstić information content (AvgIpc) is 2.84. The quantitative estimate of drug-likeness (QED) is 0.615. The summed E-state index contributed by atoms with van der Waals surface area (Å²) in [6.07, 6.45) is 0.682. The van der Waals surface area contributed by atoms with Crippen LogP contribution in [0.25, 0.3) is 0 Å². The molecule has 7 heteroatoms. The maximum absolute atomic E-state index is 13.1. The van der Waals surface area contributed by atoms with Crippen LogP contribution in [-0.2, 0) is 13.0 Å². The number of fused-ring (bicyclic) bond motifs is 1. The van der Waals surface area contributed by atoms with E-state index in [1.165, 1.54) is 0 Å². The third-order valence-corrected chi connectivity index (χ3v) is 6.31. The van der Waals surface area contributed by atoms with Crippen LogP contribution < -0.4 is 9.64 Å². The molecule has 3 aromatic rings. The van der Waals surface area contributed by atoms with Crippen LogP contribution in [0.3, 0.4) is 0 Å². The number of piperazine rings is 1. The van der Waals surface area contributed by atoms with Gasteiger partial charge in [0.2, 0.25) is 11.8 Å². The van der Waals surface area contributed by atoms with Gasteiger partial charge in [0.15, 0.2) is 0 Å². The Hall–Kier alpha value is -3.45. The predicted octanol–water partition coefficient (Wildman–Crippen LogP) is 3.53. The summed E-state index contributed by atoms with van der Waals surface area (Å²) >= 11 is 0. The normalized spacial score (nSPS) is 16.4. The van der Waals surface area contributed by atoms with E-state index in [9.17, 15) is 4.79 Å². The van der Waals surface area contributed by atoms with E-state index in [0.29, 0.717) is 36.9 Å². The van der Waals surface area contributed by atoms with Gasteiger partial charge in [0.05, 0.1) is 17.8 Å². The van der Waals surface area contributed by atoms with Crippen LogP contribution in [-0.4, -0.2) is 65.4 Å². The van der Waals surface area contributed by atoms with Crippen molar-refractivity contribution in [1.82, 2.24) is 19.8 Å². The first-order valence-electron chi connectivity index (χ1n) is 11.5. The van der Waals surface area contributed by atoms with Gasteiger partial charge in [-0.3, -0.25) is 4.79 Å². The number of ether oxygens (including phenoxy) is 1. The Morgan fingerprint density at radius 3 is 2.48 bits per heavy atom. The van der Waals surface area contributed by atoms with Crippen LogP contribution >= 0.6 is 0 Å². The van der Waals surface area contributed by atoms with Crippen LogP contribution in [0.15, 0.2) is 54.6 Å². The Kier molecular flexibility index (Phi) is 5.96. The number of aryl methyl sites for hydroxylation is 1. The smallest absolute Gasteiger partial charge is 0.254 e. The highest BCUT2D eigenvalue weighted by Crippen LogP contribution is 2.32. The van der Waals surface area contributed by atoms with Crippen molar-refractivity contribution in [2.75, 3.05) is 44.7 Å². The molecular formula is C26H29N5O2. The second-order valence-electron chi connectivity index (χ2n) is 8.81. The number of hydrogen-bond donors (Lipinski definition) is 0. The Labute approximate surface area is 194 Å². The first-order valence-corrected chi connectivity index (χ1v) is 11.5. The minimum Gasteiger partial charge on any atom is -0.438 e. The van der Waals surface area contributed by atoms with Crippen molar-refractivity contribution >= 4 is 11.9 Å². The topological polar surface area (TPSA) is 61.8 Å². The fraction of sp³-hybridized carbons (Fsp3) is 0.346. The molecule has 1 fully saturated rings. The molecule has 0 aliphatic carbocycles. The molecule has 33 heavy (non-hydrogen) atoms. The maximum atomic E-state index is 13.1. The molecule has 2 aliphatic rings. The Morgan fingerprint density at radius 1 is 0.939 bits per heavy atom. The number of hydrogen-bond acceptors (Lipinski definition) is 6. The lowest BCUT2D eigenvalue weighted by Crippen LogP contribution is -2.45. The van der Waals surface area contributed by atoms with Gasteiger partial charge in [-0.15, -0.1) is 0 Å². The summed E-state index contributed by atoms with van der Waals surface area (Å²) in [6, 6.07) is 17.4. The van der Waals surface area contributed by atoms with Crippen LogP contribution in [0.4, 0.5) is 5.95 Å². The van der Waals surface area contributed by atoms with Gasteiger partial charge in [0, 0.05) is 44.7 Å². The van der Waals surface area contributed by atoms with Gasteiger partial charge in [-0.1, -0.05) is 30.3 Å². The number of likely N-dealkylation sites (N-methyl/N-ethyl adjacent to an activating group) is 1. The molecule has 5 rings (SSSR count). The lowest BCUT2D eigenvalue weighted by atomic mass is 10.1. The summed E-state index contributed by atoms with van der Waals surface area (Å²) < 4.78 is 6.32. The standard InChI is InChI=1S/C26H29N5O2/c1-19-7-6-10-21(17-19)33-24-22-18-31(25(32)20-8-4-3-5-9-20)12-11-23(22)27-26(28-24)30-15-13-29(2)14-16-30/h3-10,17H,11-16,18H2,1-2H3. The molecular weight excluding hydrogens is 414 g/mol. The molecule has 0 unspecified atom stereocenters. The highest BCUT2D eigenvalue weighted by Gasteiger charge is 2.29. The van der Waals surface area contributed by atoms with E-state index < -0.39 is 0 Å². The number of carbonyl (C=O) groups excluding carboxylic acids is 1. The van der Waals surface area contributed by atoms with Crippen molar-refractivity contribution in [3.05, 3.63) is 77.0 Å². The summed E-state index contributed by atoms with van der Waals surface area (Å²) in [7, 11) is 2.13. The molecule has 7 nitrogen and oxygen atoms in total. The van der Waals surface area contributed by atoms with Crippen molar-refractivity contribution < 1.29 is 9.53 Å². The van der Waals surface area contributed by atoms with Crippen LogP contribution in [0.2, 0.25) is 0 Å². The fourth-order valence-corrected chi connectivity index (χ4v) is 4.33. The molecule has 0 N–H and O–H groups in total. The van der Waals surface area contributed by atoms with E-state index in [1.54, 1.807) is 0 Å². The van der Waals surface area contributed by atoms with Crippen LogP contribution in [0.1, 0.15) is 27.2 Å². The van der Waals surface area contributed by atoms with Crippen molar-refractivity contribution in [3.8, 4) is 11.6 Å². The van der Waals surface area contributed by atoms with Crippen LogP contribution in [0, 0.1) is 6.92 Å². The van der Waals surface area contributed by atoms with Gasteiger partial charge in [0.25, 0.3) is 5.91 Å². The van der Waals surface area contributed by atoms with Crippen molar-refractivity contribution in [3.63, 3.8) is 0 Å². The van der Waals surface area contributed by atoms with Gasteiger partial charge in [-0.25, -0.2) is 4.98 Å². The zero-order valence-electron chi connectivity index (χ0n) is 19.2. The second-order valence-corrected chi connectivity index (χ2v) is 8.81. The molecule has 1 saturated heterocycles. The number of aromatic nitrogens is 2. The van der Waals surface area contributed by atoms with Gasteiger partial charge < -0.3 is 19.4 Å². The van der Waals surface area contributed by atoms with E-state index >= 15 is 0 Å². The summed E-state index contributed by atoms with van der Waals surface area (Å²) in [5, 5.41) is 0. The van der Waals surface area contributed by atoms with Gasteiger partial charge in [-0.05, 0) is 43.8 Å². The lowest BCUT2D eigenvalue weighted by Gasteiger charge is -2.34. The molecule has 0 bridgehead atoms. The monoisotopic (exact) mass is 443 g/mol. The number of nitrogens with zero attached hydrogens (tertiary/aromatic N) is 5. The highest BCUT2D eigenvalue weighted by atomic mass is 16.5. The van der Waals surface area contributed by atoms with Gasteiger partial charge in [-0.2, -0.15) is 4.98 Å². The van der Waals surface area contributed by atoms with E-state index in [1.807, 2.05) is 66.4 Å².